The van der Waals surface area contributed by atoms with E-state index in [1.807, 2.05) is 0 Å². The first-order valence-corrected chi connectivity index (χ1v) is 5.07. The molecule has 5 heteroatoms. The smallest absolute Gasteiger partial charge is 0.326 e. The van der Waals surface area contributed by atoms with E-state index in [0.29, 0.717) is 11.4 Å². The van der Waals surface area contributed by atoms with Gasteiger partial charge in [0.05, 0.1) is 5.69 Å². The summed E-state index contributed by atoms with van der Waals surface area (Å²) in [6, 6.07) is 3.71. The number of anilines is 1. The average Bonchev–Trinajstić information content (AvgIpc) is 2.16. The van der Waals surface area contributed by atoms with Crippen molar-refractivity contribution in [3.8, 4) is 0 Å². The molecule has 2 rings (SSSR count). The molecule has 0 bridgehead atoms. The van der Waals surface area contributed by atoms with Crippen molar-refractivity contribution < 1.29 is 14.3 Å². The molecule has 1 aromatic rings. The Morgan fingerprint density at radius 1 is 1.64 bits per heavy atom. The normalized spacial score (nSPS) is 19.6. The Balaban J connectivity index is 2.29. The molecule has 1 aliphatic heterocycles. The molecule has 3 nitrogen and oxygen atoms in total. The summed E-state index contributed by atoms with van der Waals surface area (Å²) < 4.78 is 12.8. The predicted molar refractivity (Wildman–Crippen MR) is 52.2 cm³/mol. The second-order valence-corrected chi connectivity index (χ2v) is 4.05. The highest BCUT2D eigenvalue weighted by molar-refractivity contribution is 7.99. The number of benzene rings is 1. The molecule has 0 aromatic heterocycles. The molecule has 1 aromatic carbocycles. The largest absolute Gasteiger partial charge is 0.480 e. The van der Waals surface area contributed by atoms with E-state index in [1.165, 1.54) is 23.9 Å². The third-order valence-corrected chi connectivity index (χ3v) is 3.14. The van der Waals surface area contributed by atoms with Gasteiger partial charge in [-0.25, -0.2) is 9.18 Å². The lowest BCUT2D eigenvalue weighted by Gasteiger charge is -2.23. The lowest BCUT2D eigenvalue weighted by molar-refractivity contribution is -0.137. The van der Waals surface area contributed by atoms with E-state index in [1.54, 1.807) is 6.07 Å². The first-order chi connectivity index (χ1) is 6.66. The van der Waals surface area contributed by atoms with Gasteiger partial charge in [-0.05, 0) is 18.2 Å². The van der Waals surface area contributed by atoms with E-state index in [9.17, 15) is 9.18 Å². The molecular weight excluding hydrogens is 205 g/mol. The zero-order valence-corrected chi connectivity index (χ0v) is 7.97. The Morgan fingerprint density at radius 2 is 2.43 bits per heavy atom. The van der Waals surface area contributed by atoms with Crippen LogP contribution in [0.25, 0.3) is 0 Å². The number of carboxylic acids is 1. The number of rotatable bonds is 1. The lowest BCUT2D eigenvalue weighted by Crippen LogP contribution is -2.34. The number of halogens is 1. The van der Waals surface area contributed by atoms with Crippen molar-refractivity contribution >= 4 is 23.4 Å². The van der Waals surface area contributed by atoms with Gasteiger partial charge in [0.25, 0.3) is 0 Å². The zero-order chi connectivity index (χ0) is 10.1. The van der Waals surface area contributed by atoms with Gasteiger partial charge >= 0.3 is 5.97 Å². The first-order valence-electron chi connectivity index (χ1n) is 4.08. The van der Waals surface area contributed by atoms with E-state index >= 15 is 0 Å². The minimum absolute atomic E-state index is 0.358. The molecule has 0 radical (unpaired) electrons. The fraction of sp³-hybridized carbons (Fsp3) is 0.222. The van der Waals surface area contributed by atoms with Gasteiger partial charge in [0, 0.05) is 10.6 Å². The van der Waals surface area contributed by atoms with E-state index < -0.39 is 12.0 Å². The highest BCUT2D eigenvalue weighted by Gasteiger charge is 2.23. The van der Waals surface area contributed by atoms with E-state index in [4.69, 9.17) is 5.11 Å². The van der Waals surface area contributed by atoms with E-state index in [-0.39, 0.29) is 5.82 Å². The fourth-order valence-corrected chi connectivity index (χ4v) is 2.29. The molecule has 0 amide bonds. The Morgan fingerprint density at radius 3 is 3.14 bits per heavy atom. The van der Waals surface area contributed by atoms with E-state index in [0.717, 1.165) is 4.90 Å². The van der Waals surface area contributed by atoms with Gasteiger partial charge in [-0.3, -0.25) is 0 Å². The van der Waals surface area contributed by atoms with Crippen LogP contribution in [0.3, 0.4) is 0 Å². The van der Waals surface area contributed by atoms with Gasteiger partial charge < -0.3 is 10.4 Å². The predicted octanol–water partition coefficient (Wildman–Crippen LogP) is 1.80. The minimum Gasteiger partial charge on any atom is -0.480 e. The van der Waals surface area contributed by atoms with Crippen molar-refractivity contribution in [1.29, 1.82) is 0 Å². The number of carboxylic acid groups (broad SMARTS) is 1. The third kappa shape index (κ3) is 1.68. The second-order valence-electron chi connectivity index (χ2n) is 2.99. The van der Waals surface area contributed by atoms with Gasteiger partial charge in [0.2, 0.25) is 0 Å². The van der Waals surface area contributed by atoms with Crippen molar-refractivity contribution in [2.24, 2.45) is 0 Å². The van der Waals surface area contributed by atoms with Gasteiger partial charge in [0.1, 0.15) is 11.9 Å². The van der Waals surface area contributed by atoms with Crippen LogP contribution in [-0.4, -0.2) is 22.9 Å². The number of thioether (sulfide) groups is 1. The van der Waals surface area contributed by atoms with Gasteiger partial charge in [-0.1, -0.05) is 0 Å². The zero-order valence-electron chi connectivity index (χ0n) is 7.16. The van der Waals surface area contributed by atoms with Crippen LogP contribution in [-0.2, 0) is 4.79 Å². The highest BCUT2D eigenvalue weighted by atomic mass is 32.2. The van der Waals surface area contributed by atoms with Crippen molar-refractivity contribution in [2.75, 3.05) is 11.1 Å². The van der Waals surface area contributed by atoms with Crippen molar-refractivity contribution in [3.05, 3.63) is 24.0 Å². The van der Waals surface area contributed by atoms with Crippen LogP contribution in [0, 0.1) is 5.82 Å². The lowest BCUT2D eigenvalue weighted by atomic mass is 10.2. The van der Waals surface area contributed by atoms with Gasteiger partial charge in [0.15, 0.2) is 0 Å². The third-order valence-electron chi connectivity index (χ3n) is 1.97. The Labute approximate surface area is 84.3 Å². The highest BCUT2D eigenvalue weighted by Crippen LogP contribution is 2.33. The second kappa shape index (κ2) is 3.49. The molecule has 1 atom stereocenters. The number of hydrogen-bond acceptors (Lipinski definition) is 3. The molecule has 2 N–H and O–H groups in total. The van der Waals surface area contributed by atoms with Gasteiger partial charge in [-0.2, -0.15) is 0 Å². The molecule has 1 heterocycles. The number of carbonyl (C=O) groups is 1. The van der Waals surface area contributed by atoms with Crippen LogP contribution in [0.1, 0.15) is 0 Å². The van der Waals surface area contributed by atoms with Crippen LogP contribution in [0.2, 0.25) is 0 Å². The molecule has 1 aliphatic rings. The summed E-state index contributed by atoms with van der Waals surface area (Å²) in [5.74, 6) is -0.802. The SMILES string of the molecule is O=C(O)C1CSc2ccc(F)cc2N1. The number of nitrogens with one attached hydrogen (secondary N) is 1. The van der Waals surface area contributed by atoms with Crippen molar-refractivity contribution in [2.45, 2.75) is 10.9 Å². The molecule has 0 fully saturated rings. The monoisotopic (exact) mass is 213 g/mol. The van der Waals surface area contributed by atoms with Crippen LogP contribution in [0.15, 0.2) is 23.1 Å². The maximum absolute atomic E-state index is 12.8. The molecule has 0 saturated heterocycles. The van der Waals surface area contributed by atoms with Crippen molar-refractivity contribution in [1.82, 2.24) is 0 Å². The van der Waals surface area contributed by atoms with Crippen LogP contribution in [0.5, 0.6) is 0 Å². The maximum atomic E-state index is 12.8. The summed E-state index contributed by atoms with van der Waals surface area (Å²) in [6.07, 6.45) is 0. The average molecular weight is 213 g/mol. The minimum atomic E-state index is -0.910. The number of fused-ring (bicyclic) bond motifs is 1. The van der Waals surface area contributed by atoms with Crippen LogP contribution in [0.4, 0.5) is 10.1 Å². The molecule has 0 aliphatic carbocycles. The standard InChI is InChI=1S/C9H8FNO2S/c10-5-1-2-8-6(3-5)11-7(4-14-8)9(12)13/h1-3,7,11H,4H2,(H,12,13). The maximum Gasteiger partial charge on any atom is 0.326 e. The summed E-state index contributed by atoms with van der Waals surface area (Å²) in [5, 5.41) is 11.5. The Bertz CT molecular complexity index is 383. The molecule has 0 saturated carbocycles. The molecule has 0 spiro atoms. The molecule has 14 heavy (non-hydrogen) atoms. The summed E-state index contributed by atoms with van der Waals surface area (Å²) in [4.78, 5) is 11.6. The Hall–Kier alpha value is -1.23. The number of aliphatic carboxylic acids is 1. The van der Waals surface area contributed by atoms with Crippen LogP contribution < -0.4 is 5.32 Å². The Kier molecular flexibility index (Phi) is 2.33. The molecular formula is C9H8FNO2S. The first kappa shape index (κ1) is 9.33. The van der Waals surface area contributed by atoms with Crippen LogP contribution >= 0.6 is 11.8 Å². The number of hydrogen-bond donors (Lipinski definition) is 2. The summed E-state index contributed by atoms with van der Waals surface area (Å²) in [5.41, 5.74) is 0.564. The van der Waals surface area contributed by atoms with E-state index in [2.05, 4.69) is 5.32 Å². The quantitative estimate of drug-likeness (QED) is 0.746. The van der Waals surface area contributed by atoms with Gasteiger partial charge in [-0.15, -0.1) is 11.8 Å². The fourth-order valence-electron chi connectivity index (χ4n) is 1.28. The molecule has 74 valence electrons. The summed E-state index contributed by atoms with van der Waals surface area (Å²) >= 11 is 1.42. The summed E-state index contributed by atoms with van der Waals surface area (Å²) in [7, 11) is 0. The summed E-state index contributed by atoms with van der Waals surface area (Å²) in [6.45, 7) is 0. The topological polar surface area (TPSA) is 49.3 Å². The molecule has 1 unspecified atom stereocenters. The van der Waals surface area contributed by atoms with Crippen molar-refractivity contribution in [3.63, 3.8) is 0 Å².